The van der Waals surface area contributed by atoms with Crippen LogP contribution in [0.25, 0.3) is 0 Å². The Morgan fingerprint density at radius 2 is 1.24 bits per heavy atom. The van der Waals surface area contributed by atoms with Gasteiger partial charge in [0.15, 0.2) is 0 Å². The number of benzene rings is 3. The van der Waals surface area contributed by atoms with Gasteiger partial charge < -0.3 is 15.2 Å². The van der Waals surface area contributed by atoms with Crippen molar-refractivity contribution in [2.24, 2.45) is 0 Å². The van der Waals surface area contributed by atoms with Gasteiger partial charge in [0.05, 0.1) is 5.97 Å². The van der Waals surface area contributed by atoms with Crippen molar-refractivity contribution in [1.82, 2.24) is 0 Å². The Balaban J connectivity index is 0.00000300. The number of hydrogen-bond acceptors (Lipinski definition) is 3. The number of hydrogen-bond donors (Lipinski definition) is 1. The van der Waals surface area contributed by atoms with Crippen molar-refractivity contribution >= 4 is 17.6 Å². The molecule has 0 unspecified atom stereocenters. The number of carbonyl (C=O) groups excluding carboxylic acids is 2. The summed E-state index contributed by atoms with van der Waals surface area (Å²) in [7, 11) is 0. The van der Waals surface area contributed by atoms with E-state index in [-0.39, 0.29) is 53.4 Å². The molecule has 142 valence electrons. The van der Waals surface area contributed by atoms with E-state index >= 15 is 0 Å². The van der Waals surface area contributed by atoms with E-state index in [1.54, 1.807) is 12.1 Å². The van der Waals surface area contributed by atoms with Crippen LogP contribution in [0.4, 0.5) is 5.69 Å². The smallest absolute Gasteiger partial charge is 0.545 e. The molecule has 4 nitrogen and oxygen atoms in total. The molecule has 3 rings (SSSR count). The molecule has 0 aliphatic heterocycles. The summed E-state index contributed by atoms with van der Waals surface area (Å²) >= 11 is 0. The third kappa shape index (κ3) is 6.29. The van der Waals surface area contributed by atoms with E-state index in [2.05, 4.69) is 29.6 Å². The van der Waals surface area contributed by atoms with E-state index in [0.29, 0.717) is 5.69 Å². The van der Waals surface area contributed by atoms with Gasteiger partial charge in [0.2, 0.25) is 5.91 Å². The third-order valence-corrected chi connectivity index (χ3v) is 4.75. The van der Waals surface area contributed by atoms with Gasteiger partial charge in [-0.05, 0) is 42.7 Å². The average Bonchev–Trinajstić information content (AvgIpc) is 2.68. The average molecular weight is 395 g/mol. The predicted molar refractivity (Wildman–Crippen MR) is 108 cm³/mol. The van der Waals surface area contributed by atoms with Crippen LogP contribution in [0.3, 0.4) is 0 Å². The van der Waals surface area contributed by atoms with Crippen LogP contribution in [0.15, 0.2) is 72.8 Å². The zero-order valence-corrected chi connectivity index (χ0v) is 18.9. The van der Waals surface area contributed by atoms with E-state index in [1.165, 1.54) is 23.3 Å². The monoisotopic (exact) mass is 395 g/mol. The first kappa shape index (κ1) is 22.9. The second-order valence-electron chi connectivity index (χ2n) is 6.99. The van der Waals surface area contributed by atoms with Gasteiger partial charge >= 0.3 is 29.6 Å². The van der Waals surface area contributed by atoms with E-state index < -0.39 is 5.97 Å². The van der Waals surface area contributed by atoms with Gasteiger partial charge in [-0.25, -0.2) is 0 Å². The second kappa shape index (κ2) is 10.4. The zero-order chi connectivity index (χ0) is 20.1. The Kier molecular flexibility index (Phi) is 8.21. The van der Waals surface area contributed by atoms with Gasteiger partial charge in [-0.2, -0.15) is 0 Å². The number of nitrogens with one attached hydrogen (secondary N) is 1. The van der Waals surface area contributed by atoms with Gasteiger partial charge in [-0.1, -0.05) is 71.8 Å². The van der Waals surface area contributed by atoms with Crippen LogP contribution in [-0.2, 0) is 4.79 Å². The van der Waals surface area contributed by atoms with Gasteiger partial charge in [0, 0.05) is 18.0 Å². The standard InChI is InChI=1S/C24H23NO3.Na/c1-16-3-7-18(8-4-16)22(19-9-5-17(2)6-10-19)15-23(26)25-21-13-11-20(12-14-21)24(27)28;/h3-14,22H,15H2,1-2H3,(H,25,26)(H,27,28);/q;+1/p-1. The number of amides is 1. The van der Waals surface area contributed by atoms with Crippen LogP contribution in [0.5, 0.6) is 0 Å². The summed E-state index contributed by atoms with van der Waals surface area (Å²) < 4.78 is 0. The third-order valence-electron chi connectivity index (χ3n) is 4.75. The summed E-state index contributed by atoms with van der Waals surface area (Å²) in [6, 6.07) is 22.4. The Labute approximate surface area is 193 Å². The molecule has 0 aliphatic carbocycles. The minimum absolute atomic E-state index is 0. The van der Waals surface area contributed by atoms with Gasteiger partial charge in [-0.3, -0.25) is 4.79 Å². The number of rotatable bonds is 6. The fourth-order valence-corrected chi connectivity index (χ4v) is 3.11. The summed E-state index contributed by atoms with van der Waals surface area (Å²) in [5.74, 6) is -1.44. The quantitative estimate of drug-likeness (QED) is 0.629. The van der Waals surface area contributed by atoms with Crippen LogP contribution in [-0.4, -0.2) is 11.9 Å². The van der Waals surface area contributed by atoms with Crippen LogP contribution in [0.1, 0.15) is 45.0 Å². The summed E-state index contributed by atoms with van der Waals surface area (Å²) in [6.07, 6.45) is 0.286. The van der Waals surface area contributed by atoms with Gasteiger partial charge in [0.25, 0.3) is 0 Å². The molecule has 3 aromatic rings. The van der Waals surface area contributed by atoms with Gasteiger partial charge in [0.1, 0.15) is 0 Å². The maximum absolute atomic E-state index is 12.7. The fourth-order valence-electron chi connectivity index (χ4n) is 3.11. The largest absolute Gasteiger partial charge is 1.00 e. The molecule has 0 heterocycles. The molecule has 3 aromatic carbocycles. The molecule has 0 saturated heterocycles. The van der Waals surface area contributed by atoms with Crippen LogP contribution >= 0.6 is 0 Å². The van der Waals surface area contributed by atoms with E-state index in [1.807, 2.05) is 38.1 Å². The van der Waals surface area contributed by atoms with Crippen molar-refractivity contribution in [3.8, 4) is 0 Å². The van der Waals surface area contributed by atoms with Crippen molar-refractivity contribution in [2.45, 2.75) is 26.2 Å². The minimum atomic E-state index is -1.24. The first-order valence-electron chi connectivity index (χ1n) is 9.17. The van der Waals surface area contributed by atoms with Crippen molar-refractivity contribution in [2.75, 3.05) is 5.32 Å². The predicted octanol–water partition coefficient (Wildman–Crippen LogP) is 0.832. The maximum atomic E-state index is 12.7. The number of carboxylic acid groups (broad SMARTS) is 1. The van der Waals surface area contributed by atoms with Crippen LogP contribution in [0, 0.1) is 13.8 Å². The Morgan fingerprint density at radius 3 is 1.66 bits per heavy atom. The molecule has 0 aliphatic rings. The van der Waals surface area contributed by atoms with Crippen LogP contribution < -0.4 is 40.0 Å². The van der Waals surface area contributed by atoms with Gasteiger partial charge in [-0.15, -0.1) is 0 Å². The summed E-state index contributed by atoms with van der Waals surface area (Å²) in [4.78, 5) is 23.5. The molecule has 5 heteroatoms. The Hall–Kier alpha value is -2.40. The maximum Gasteiger partial charge on any atom is 1.00 e. The zero-order valence-electron chi connectivity index (χ0n) is 16.9. The fraction of sp³-hybridized carbons (Fsp3) is 0.167. The molecule has 1 amide bonds. The molecule has 29 heavy (non-hydrogen) atoms. The molecule has 0 bridgehead atoms. The topological polar surface area (TPSA) is 69.2 Å². The Bertz CT molecular complexity index is 919. The summed E-state index contributed by atoms with van der Waals surface area (Å²) in [6.45, 7) is 4.07. The van der Waals surface area contributed by atoms with E-state index in [9.17, 15) is 14.7 Å². The molecule has 0 aromatic heterocycles. The van der Waals surface area contributed by atoms with Crippen LogP contribution in [0.2, 0.25) is 0 Å². The first-order valence-corrected chi connectivity index (χ1v) is 9.17. The van der Waals surface area contributed by atoms with Crippen molar-refractivity contribution in [1.29, 1.82) is 0 Å². The Morgan fingerprint density at radius 1 is 0.793 bits per heavy atom. The normalized spacial score (nSPS) is 10.3. The number of aromatic carboxylic acids is 1. The molecule has 0 atom stereocenters. The minimum Gasteiger partial charge on any atom is -0.545 e. The number of carbonyl (C=O) groups is 2. The number of anilines is 1. The summed E-state index contributed by atoms with van der Waals surface area (Å²) in [5.41, 5.74) is 5.14. The number of aryl methyl sites for hydroxylation is 2. The van der Waals surface area contributed by atoms with Crippen molar-refractivity contribution < 1.29 is 44.3 Å². The second-order valence-corrected chi connectivity index (χ2v) is 6.99. The number of carboxylic acids is 1. The molecule has 0 fully saturated rings. The molecule has 0 spiro atoms. The summed E-state index contributed by atoms with van der Waals surface area (Å²) in [5, 5.41) is 13.7. The van der Waals surface area contributed by atoms with E-state index in [0.717, 1.165) is 11.1 Å². The molecule has 1 N–H and O–H groups in total. The molecular formula is C24H22NNaO3. The molecule has 0 radical (unpaired) electrons. The van der Waals surface area contributed by atoms with Crippen molar-refractivity contribution in [3.63, 3.8) is 0 Å². The molecular weight excluding hydrogens is 373 g/mol. The van der Waals surface area contributed by atoms with E-state index in [4.69, 9.17) is 0 Å². The molecule has 0 saturated carbocycles. The van der Waals surface area contributed by atoms with Crippen molar-refractivity contribution in [3.05, 3.63) is 101 Å². The first-order chi connectivity index (χ1) is 13.4. The SMILES string of the molecule is Cc1ccc(C(CC(=O)Nc2ccc(C(=O)[O-])cc2)c2ccc(C)cc2)cc1.[Na+].